The molecule has 1 atom stereocenters. The molecule has 0 saturated carbocycles. The van der Waals surface area contributed by atoms with E-state index in [1.807, 2.05) is 0 Å². The Morgan fingerprint density at radius 1 is 0.269 bits per heavy atom. The fourth-order valence-corrected chi connectivity index (χ4v) is 9.10. The van der Waals surface area contributed by atoms with Gasteiger partial charge in [-0.2, -0.15) is 0 Å². The van der Waals surface area contributed by atoms with Crippen molar-refractivity contribution in [3.63, 3.8) is 0 Å². The summed E-state index contributed by atoms with van der Waals surface area (Å²) >= 11 is 0. The van der Waals surface area contributed by atoms with Gasteiger partial charge in [-0.25, -0.2) is 0 Å². The first-order valence-corrected chi connectivity index (χ1v) is 32.9. The lowest BCUT2D eigenvalue weighted by molar-refractivity contribution is -0.167. The summed E-state index contributed by atoms with van der Waals surface area (Å²) in [6, 6.07) is 0. The third-order valence-electron chi connectivity index (χ3n) is 14.0. The fraction of sp³-hybridized carbons (Fsp3) is 0.708. The lowest BCUT2D eigenvalue weighted by Crippen LogP contribution is -2.30. The van der Waals surface area contributed by atoms with Gasteiger partial charge in [-0.15, -0.1) is 0 Å². The summed E-state index contributed by atoms with van der Waals surface area (Å²) in [5, 5.41) is 0. The van der Waals surface area contributed by atoms with Crippen LogP contribution < -0.4 is 0 Å². The van der Waals surface area contributed by atoms with E-state index in [1.54, 1.807) is 0 Å². The second-order valence-corrected chi connectivity index (χ2v) is 21.6. The van der Waals surface area contributed by atoms with E-state index >= 15 is 0 Å². The number of carbonyl (C=O) groups is 3. The van der Waals surface area contributed by atoms with Crippen LogP contribution in [0.3, 0.4) is 0 Å². The van der Waals surface area contributed by atoms with Crippen LogP contribution in [0, 0.1) is 0 Å². The number of ether oxygens (including phenoxy) is 3. The predicted octanol–water partition coefficient (Wildman–Crippen LogP) is 22.6. The molecule has 0 aliphatic carbocycles. The number of hydrogen-bond acceptors (Lipinski definition) is 6. The number of unbranched alkanes of at least 4 members (excludes halogenated alkanes) is 30. The standard InChI is InChI=1S/C72H122O6/c1-4-7-10-13-16-19-22-25-28-29-30-31-32-33-34-35-36-37-38-39-40-41-42-43-45-47-50-53-56-59-62-65-71(74)77-68-69(67-76-70(73)64-61-58-55-52-49-46-27-24-21-18-15-12-9-6-3)78-72(75)66-63-60-57-54-51-48-44-26-23-20-17-14-11-8-5-2/h7,10,16-17,19-20,25-26,28,30-31,33-34,36-37,39-40,44,69H,4-6,8-9,11-15,18,21-24,27,29,32,35,38,41-43,45-68H2,1-3H3/b10-7-,19-16-,20-17-,28-25-,31-30-,34-33-,37-36-,40-39-,44-26-. The van der Waals surface area contributed by atoms with Gasteiger partial charge in [-0.3, -0.25) is 14.4 Å². The molecular formula is C72H122O6. The van der Waals surface area contributed by atoms with Crippen LogP contribution in [-0.4, -0.2) is 37.2 Å². The number of esters is 3. The van der Waals surface area contributed by atoms with Crippen molar-refractivity contribution in [3.05, 3.63) is 109 Å². The first kappa shape index (κ1) is 74.1. The van der Waals surface area contributed by atoms with Crippen molar-refractivity contribution in [3.8, 4) is 0 Å². The van der Waals surface area contributed by atoms with Crippen LogP contribution in [-0.2, 0) is 28.6 Å². The minimum atomic E-state index is -0.788. The highest BCUT2D eigenvalue weighted by atomic mass is 16.6. The summed E-state index contributed by atoms with van der Waals surface area (Å²) in [5.41, 5.74) is 0. The summed E-state index contributed by atoms with van der Waals surface area (Å²) in [7, 11) is 0. The lowest BCUT2D eigenvalue weighted by atomic mass is 10.0. The molecule has 0 radical (unpaired) electrons. The van der Waals surface area contributed by atoms with Crippen LogP contribution in [0.15, 0.2) is 109 Å². The van der Waals surface area contributed by atoms with Gasteiger partial charge in [-0.05, 0) is 109 Å². The topological polar surface area (TPSA) is 78.9 Å². The van der Waals surface area contributed by atoms with Crippen molar-refractivity contribution in [2.75, 3.05) is 13.2 Å². The zero-order chi connectivity index (χ0) is 56.4. The molecule has 6 nitrogen and oxygen atoms in total. The molecule has 0 aliphatic rings. The highest BCUT2D eigenvalue weighted by Crippen LogP contribution is 2.16. The molecular weight excluding hydrogens is 961 g/mol. The Bertz CT molecular complexity index is 1570. The third-order valence-corrected chi connectivity index (χ3v) is 14.0. The van der Waals surface area contributed by atoms with Gasteiger partial charge in [0, 0.05) is 19.3 Å². The Morgan fingerprint density at radius 3 is 0.808 bits per heavy atom. The predicted molar refractivity (Wildman–Crippen MR) is 339 cm³/mol. The van der Waals surface area contributed by atoms with Crippen LogP contribution in [0.2, 0.25) is 0 Å². The van der Waals surface area contributed by atoms with E-state index in [0.717, 1.165) is 135 Å². The van der Waals surface area contributed by atoms with Crippen molar-refractivity contribution < 1.29 is 28.6 Å². The van der Waals surface area contributed by atoms with E-state index in [2.05, 4.69) is 130 Å². The van der Waals surface area contributed by atoms with Gasteiger partial charge >= 0.3 is 17.9 Å². The molecule has 0 N–H and O–H groups in total. The zero-order valence-corrected chi connectivity index (χ0v) is 51.2. The average molecular weight is 1080 g/mol. The largest absolute Gasteiger partial charge is 0.462 e. The van der Waals surface area contributed by atoms with E-state index < -0.39 is 6.10 Å². The molecule has 6 heteroatoms. The van der Waals surface area contributed by atoms with Crippen molar-refractivity contribution >= 4 is 17.9 Å². The minimum Gasteiger partial charge on any atom is -0.462 e. The average Bonchev–Trinajstić information content (AvgIpc) is 3.44. The van der Waals surface area contributed by atoms with Gasteiger partial charge in [0.1, 0.15) is 13.2 Å². The van der Waals surface area contributed by atoms with Crippen molar-refractivity contribution in [2.24, 2.45) is 0 Å². The molecule has 0 saturated heterocycles. The number of hydrogen-bond donors (Lipinski definition) is 0. The first-order chi connectivity index (χ1) is 38.5. The number of rotatable bonds is 59. The van der Waals surface area contributed by atoms with Gasteiger partial charge < -0.3 is 14.2 Å². The number of carbonyl (C=O) groups excluding carboxylic acids is 3. The lowest BCUT2D eigenvalue weighted by Gasteiger charge is -2.18. The molecule has 0 bridgehead atoms. The molecule has 0 aromatic rings. The molecule has 0 fully saturated rings. The summed E-state index contributed by atoms with van der Waals surface area (Å²) in [4.78, 5) is 38.3. The van der Waals surface area contributed by atoms with Crippen LogP contribution >= 0.6 is 0 Å². The van der Waals surface area contributed by atoms with Crippen molar-refractivity contribution in [1.29, 1.82) is 0 Å². The summed E-state index contributed by atoms with van der Waals surface area (Å²) in [5.74, 6) is -0.894. The van der Waals surface area contributed by atoms with Crippen LogP contribution in [0.1, 0.15) is 310 Å². The molecule has 0 amide bonds. The van der Waals surface area contributed by atoms with E-state index in [9.17, 15) is 14.4 Å². The summed E-state index contributed by atoms with van der Waals surface area (Å²) < 4.78 is 16.9. The molecule has 446 valence electrons. The smallest absolute Gasteiger partial charge is 0.306 e. The third kappa shape index (κ3) is 62.9. The second-order valence-electron chi connectivity index (χ2n) is 21.6. The fourth-order valence-electron chi connectivity index (χ4n) is 9.10. The van der Waals surface area contributed by atoms with Gasteiger partial charge in [0.2, 0.25) is 0 Å². The van der Waals surface area contributed by atoms with Gasteiger partial charge in [-0.1, -0.05) is 291 Å². The minimum absolute atomic E-state index is 0.0829. The summed E-state index contributed by atoms with van der Waals surface area (Å²) in [6.07, 6.45) is 89.5. The second kappa shape index (κ2) is 65.6. The number of allylic oxidation sites excluding steroid dienone is 18. The van der Waals surface area contributed by atoms with Gasteiger partial charge in [0.15, 0.2) is 6.10 Å². The van der Waals surface area contributed by atoms with Crippen LogP contribution in [0.5, 0.6) is 0 Å². The molecule has 78 heavy (non-hydrogen) atoms. The Labute approximate surface area is 482 Å². The summed E-state index contributed by atoms with van der Waals surface area (Å²) in [6.45, 7) is 6.51. The van der Waals surface area contributed by atoms with Gasteiger partial charge in [0.25, 0.3) is 0 Å². The first-order valence-electron chi connectivity index (χ1n) is 32.9. The molecule has 0 spiro atoms. The van der Waals surface area contributed by atoms with E-state index in [-0.39, 0.29) is 31.1 Å². The molecule has 0 aromatic carbocycles. The van der Waals surface area contributed by atoms with Gasteiger partial charge in [0.05, 0.1) is 0 Å². The molecule has 1 unspecified atom stereocenters. The maximum absolute atomic E-state index is 12.9. The van der Waals surface area contributed by atoms with Crippen LogP contribution in [0.25, 0.3) is 0 Å². The van der Waals surface area contributed by atoms with Crippen molar-refractivity contribution in [2.45, 2.75) is 316 Å². The monoisotopic (exact) mass is 1080 g/mol. The Kier molecular flexibility index (Phi) is 62.3. The Morgan fingerprint density at radius 2 is 0.500 bits per heavy atom. The SMILES string of the molecule is CC/C=C\C/C=C\C/C=C\C/C=C\C/C=C\C/C=C\C/C=C\CCCCCCCCCCCC(=O)OCC(COC(=O)CCCCCCCCCCCCCCCC)OC(=O)CCCCCCC/C=C\C/C=C\CCCCC. The quantitative estimate of drug-likeness (QED) is 0.0261. The highest BCUT2D eigenvalue weighted by molar-refractivity contribution is 5.71. The van der Waals surface area contributed by atoms with E-state index in [1.165, 1.54) is 135 Å². The molecule has 0 aliphatic heterocycles. The molecule has 0 aromatic heterocycles. The maximum Gasteiger partial charge on any atom is 0.306 e. The van der Waals surface area contributed by atoms with E-state index in [0.29, 0.717) is 19.3 Å². The molecule has 0 rings (SSSR count). The van der Waals surface area contributed by atoms with Crippen LogP contribution in [0.4, 0.5) is 0 Å². The Hall–Kier alpha value is -3.93. The Balaban J connectivity index is 4.28. The van der Waals surface area contributed by atoms with Crippen molar-refractivity contribution in [1.82, 2.24) is 0 Å². The maximum atomic E-state index is 12.9. The normalized spacial score (nSPS) is 12.8. The highest BCUT2D eigenvalue weighted by Gasteiger charge is 2.19. The zero-order valence-electron chi connectivity index (χ0n) is 51.2. The van der Waals surface area contributed by atoms with E-state index in [4.69, 9.17) is 14.2 Å². The molecule has 0 heterocycles.